The molecule has 0 bridgehead atoms. The Kier molecular flexibility index (Phi) is 5.31. The molecule has 2 rings (SSSR count). The van der Waals surface area contributed by atoms with Crippen molar-refractivity contribution in [2.24, 2.45) is 7.05 Å². The van der Waals surface area contributed by atoms with Crippen molar-refractivity contribution >= 4 is 15.9 Å². The van der Waals surface area contributed by atoms with Crippen molar-refractivity contribution < 1.29 is 0 Å². The zero-order valence-electron chi connectivity index (χ0n) is 12.2. The van der Waals surface area contributed by atoms with Gasteiger partial charge in [0.1, 0.15) is 0 Å². The SMILES string of the molecule is CCCNC(Cc1ccc(Br)cn1)c1cnn(C)c1C. The van der Waals surface area contributed by atoms with E-state index in [2.05, 4.69) is 51.2 Å². The fraction of sp³-hybridized carbons (Fsp3) is 0.467. The van der Waals surface area contributed by atoms with Crippen LogP contribution < -0.4 is 5.32 Å². The van der Waals surface area contributed by atoms with Gasteiger partial charge in [0.05, 0.1) is 6.20 Å². The van der Waals surface area contributed by atoms with Gasteiger partial charge in [0.25, 0.3) is 0 Å². The van der Waals surface area contributed by atoms with Crippen molar-refractivity contribution in [3.8, 4) is 0 Å². The van der Waals surface area contributed by atoms with E-state index in [0.717, 1.165) is 29.6 Å². The minimum absolute atomic E-state index is 0.261. The molecule has 0 amide bonds. The van der Waals surface area contributed by atoms with Crippen molar-refractivity contribution in [3.05, 3.63) is 46.0 Å². The first-order chi connectivity index (χ1) is 9.61. The molecule has 108 valence electrons. The highest BCUT2D eigenvalue weighted by Crippen LogP contribution is 2.21. The Morgan fingerprint density at radius 2 is 2.15 bits per heavy atom. The summed E-state index contributed by atoms with van der Waals surface area (Å²) in [7, 11) is 1.98. The molecule has 0 aliphatic carbocycles. The highest BCUT2D eigenvalue weighted by molar-refractivity contribution is 9.10. The summed E-state index contributed by atoms with van der Waals surface area (Å²) in [5.74, 6) is 0. The largest absolute Gasteiger partial charge is 0.309 e. The molecule has 20 heavy (non-hydrogen) atoms. The van der Waals surface area contributed by atoms with E-state index >= 15 is 0 Å². The minimum Gasteiger partial charge on any atom is -0.309 e. The Balaban J connectivity index is 2.19. The van der Waals surface area contributed by atoms with Gasteiger partial charge in [-0.25, -0.2) is 0 Å². The lowest BCUT2D eigenvalue weighted by atomic mass is 10.0. The van der Waals surface area contributed by atoms with Crippen LogP contribution in [0.2, 0.25) is 0 Å². The third-order valence-corrected chi connectivity index (χ3v) is 3.96. The lowest BCUT2D eigenvalue weighted by molar-refractivity contribution is 0.521. The number of halogens is 1. The molecule has 1 N–H and O–H groups in total. The monoisotopic (exact) mass is 336 g/mol. The van der Waals surface area contributed by atoms with E-state index in [4.69, 9.17) is 0 Å². The van der Waals surface area contributed by atoms with E-state index in [0.29, 0.717) is 0 Å². The van der Waals surface area contributed by atoms with Crippen molar-refractivity contribution in [2.45, 2.75) is 32.7 Å². The molecule has 0 aliphatic rings. The van der Waals surface area contributed by atoms with Gasteiger partial charge < -0.3 is 5.32 Å². The molecule has 0 radical (unpaired) electrons. The van der Waals surface area contributed by atoms with Gasteiger partial charge in [0.2, 0.25) is 0 Å². The van der Waals surface area contributed by atoms with Gasteiger partial charge in [0.15, 0.2) is 0 Å². The van der Waals surface area contributed by atoms with E-state index in [1.807, 2.05) is 30.2 Å². The number of rotatable bonds is 6. The summed E-state index contributed by atoms with van der Waals surface area (Å²) < 4.78 is 2.93. The zero-order chi connectivity index (χ0) is 14.5. The lowest BCUT2D eigenvalue weighted by Crippen LogP contribution is -2.25. The maximum Gasteiger partial charge on any atom is 0.0540 e. The predicted molar refractivity (Wildman–Crippen MR) is 84.6 cm³/mol. The number of aromatic nitrogens is 3. The highest BCUT2D eigenvalue weighted by atomic mass is 79.9. The van der Waals surface area contributed by atoms with E-state index in [1.54, 1.807) is 0 Å². The third-order valence-electron chi connectivity index (χ3n) is 3.49. The zero-order valence-corrected chi connectivity index (χ0v) is 13.8. The van der Waals surface area contributed by atoms with Crippen LogP contribution in [0.25, 0.3) is 0 Å². The van der Waals surface area contributed by atoms with Gasteiger partial charge in [-0.05, 0) is 48.0 Å². The van der Waals surface area contributed by atoms with Crippen LogP contribution in [0, 0.1) is 6.92 Å². The van der Waals surface area contributed by atoms with Crippen LogP contribution in [-0.2, 0) is 13.5 Å². The summed E-state index contributed by atoms with van der Waals surface area (Å²) in [5, 5.41) is 7.95. The molecule has 2 aromatic rings. The standard InChI is InChI=1S/C15H21BrN4/c1-4-7-17-15(14-10-19-20(3)11(14)2)8-13-6-5-12(16)9-18-13/h5-6,9-10,15,17H,4,7-8H2,1-3H3. The first-order valence-electron chi connectivity index (χ1n) is 6.94. The minimum atomic E-state index is 0.261. The summed E-state index contributed by atoms with van der Waals surface area (Å²) in [4.78, 5) is 4.47. The van der Waals surface area contributed by atoms with Crippen LogP contribution in [0.15, 0.2) is 29.0 Å². The second-order valence-electron chi connectivity index (χ2n) is 4.99. The highest BCUT2D eigenvalue weighted by Gasteiger charge is 2.17. The Bertz CT molecular complexity index is 548. The van der Waals surface area contributed by atoms with Gasteiger partial charge in [0, 0.05) is 47.1 Å². The normalized spacial score (nSPS) is 12.6. The predicted octanol–water partition coefficient (Wildman–Crippen LogP) is 3.17. The van der Waals surface area contributed by atoms with E-state index in [1.165, 1.54) is 11.3 Å². The number of hydrogen-bond donors (Lipinski definition) is 1. The van der Waals surface area contributed by atoms with Crippen LogP contribution in [0.4, 0.5) is 0 Å². The molecule has 0 fully saturated rings. The summed E-state index contributed by atoms with van der Waals surface area (Å²) in [6.07, 6.45) is 5.80. The molecule has 0 aliphatic heterocycles. The van der Waals surface area contributed by atoms with Crippen LogP contribution in [0.1, 0.15) is 36.3 Å². The quantitative estimate of drug-likeness (QED) is 0.880. The maximum atomic E-state index is 4.47. The number of aryl methyl sites for hydroxylation is 1. The van der Waals surface area contributed by atoms with Gasteiger partial charge in [-0.1, -0.05) is 6.92 Å². The second kappa shape index (κ2) is 6.99. The first kappa shape index (κ1) is 15.2. The molecule has 1 atom stereocenters. The molecule has 1 unspecified atom stereocenters. The Morgan fingerprint density at radius 1 is 1.35 bits per heavy atom. The van der Waals surface area contributed by atoms with Crippen LogP contribution in [-0.4, -0.2) is 21.3 Å². The molecule has 2 aromatic heterocycles. The van der Waals surface area contributed by atoms with Crippen molar-refractivity contribution in [3.63, 3.8) is 0 Å². The van der Waals surface area contributed by atoms with Gasteiger partial charge in [-0.3, -0.25) is 9.67 Å². The summed E-state index contributed by atoms with van der Waals surface area (Å²) >= 11 is 3.42. The molecule has 4 nitrogen and oxygen atoms in total. The van der Waals surface area contributed by atoms with Crippen LogP contribution in [0.5, 0.6) is 0 Å². The smallest absolute Gasteiger partial charge is 0.0540 e. The van der Waals surface area contributed by atoms with Gasteiger partial charge >= 0.3 is 0 Å². The lowest BCUT2D eigenvalue weighted by Gasteiger charge is -2.18. The number of pyridine rings is 1. The van der Waals surface area contributed by atoms with Crippen molar-refractivity contribution in [1.29, 1.82) is 0 Å². The van der Waals surface area contributed by atoms with Crippen molar-refractivity contribution in [1.82, 2.24) is 20.1 Å². The molecular formula is C15H21BrN4. The second-order valence-corrected chi connectivity index (χ2v) is 5.90. The summed E-state index contributed by atoms with van der Waals surface area (Å²) in [5.41, 5.74) is 3.55. The average molecular weight is 337 g/mol. The van der Waals surface area contributed by atoms with E-state index in [9.17, 15) is 0 Å². The molecule has 0 saturated heterocycles. The fourth-order valence-corrected chi connectivity index (χ4v) is 2.44. The van der Waals surface area contributed by atoms with Gasteiger partial charge in [-0.2, -0.15) is 5.10 Å². The molecule has 0 saturated carbocycles. The van der Waals surface area contributed by atoms with Gasteiger partial charge in [-0.15, -0.1) is 0 Å². The fourth-order valence-electron chi connectivity index (χ4n) is 2.20. The maximum absolute atomic E-state index is 4.47. The Hall–Kier alpha value is -1.20. The average Bonchev–Trinajstić information content (AvgIpc) is 2.77. The molecular weight excluding hydrogens is 316 g/mol. The molecule has 5 heteroatoms. The molecule has 0 spiro atoms. The van der Waals surface area contributed by atoms with Crippen LogP contribution in [0.3, 0.4) is 0 Å². The molecule has 2 heterocycles. The number of nitrogens with one attached hydrogen (secondary N) is 1. The topological polar surface area (TPSA) is 42.7 Å². The third kappa shape index (κ3) is 3.67. The van der Waals surface area contributed by atoms with Crippen LogP contribution >= 0.6 is 15.9 Å². The first-order valence-corrected chi connectivity index (χ1v) is 7.73. The number of nitrogens with zero attached hydrogens (tertiary/aromatic N) is 3. The summed E-state index contributed by atoms with van der Waals surface area (Å²) in [6.45, 7) is 5.28. The van der Waals surface area contributed by atoms with E-state index in [-0.39, 0.29) is 6.04 Å². The summed E-state index contributed by atoms with van der Waals surface area (Å²) in [6, 6.07) is 4.36. The Labute approximate surface area is 128 Å². The molecule has 0 aromatic carbocycles. The number of hydrogen-bond acceptors (Lipinski definition) is 3. The Morgan fingerprint density at radius 3 is 2.70 bits per heavy atom. The van der Waals surface area contributed by atoms with E-state index < -0.39 is 0 Å². The van der Waals surface area contributed by atoms with Crippen molar-refractivity contribution in [2.75, 3.05) is 6.54 Å².